The van der Waals surface area contributed by atoms with Gasteiger partial charge in [-0.2, -0.15) is 0 Å². The molecule has 4 nitrogen and oxygen atoms in total. The molecule has 1 aliphatic heterocycles. The van der Waals surface area contributed by atoms with E-state index in [0.717, 1.165) is 10.3 Å². The van der Waals surface area contributed by atoms with E-state index < -0.39 is 52.7 Å². The van der Waals surface area contributed by atoms with E-state index in [2.05, 4.69) is 0 Å². The van der Waals surface area contributed by atoms with Crippen molar-refractivity contribution in [1.82, 2.24) is 0 Å². The molecule has 0 bridgehead atoms. The fourth-order valence-electron chi connectivity index (χ4n) is 4.88. The Morgan fingerprint density at radius 1 is 0.641 bits per heavy atom. The highest BCUT2D eigenvalue weighted by molar-refractivity contribution is 6.62. The van der Waals surface area contributed by atoms with Crippen molar-refractivity contribution in [3.63, 3.8) is 0 Å². The van der Waals surface area contributed by atoms with E-state index in [9.17, 15) is 0 Å². The van der Waals surface area contributed by atoms with Crippen molar-refractivity contribution in [2.45, 2.75) is 38.9 Å². The summed E-state index contributed by atoms with van der Waals surface area (Å²) < 4.78 is 81.0. The van der Waals surface area contributed by atoms with Crippen LogP contribution < -0.4 is 10.4 Å². The van der Waals surface area contributed by atoms with Crippen LogP contribution in [-0.2, 0) is 9.31 Å². The van der Waals surface area contributed by atoms with Crippen LogP contribution in [0.2, 0.25) is 0 Å². The highest BCUT2D eigenvalue weighted by Crippen LogP contribution is 2.45. The maximum absolute atomic E-state index is 16.0. The van der Waals surface area contributed by atoms with Crippen LogP contribution in [0.3, 0.4) is 0 Å². The van der Waals surface area contributed by atoms with Crippen LogP contribution in [-0.4, -0.2) is 18.3 Å². The summed E-state index contributed by atoms with van der Waals surface area (Å²) in [5.74, 6) is -6.37. The second kappa shape index (κ2) is 8.86. The highest BCUT2D eigenvalue weighted by Gasteiger charge is 2.54. The third-order valence-corrected chi connectivity index (χ3v) is 7.63. The van der Waals surface area contributed by atoms with Gasteiger partial charge in [0.15, 0.2) is 28.9 Å². The minimum Gasteiger partial charge on any atom is -0.454 e. The Kier molecular flexibility index (Phi) is 5.78. The van der Waals surface area contributed by atoms with E-state index >= 15 is 17.6 Å². The van der Waals surface area contributed by atoms with Crippen LogP contribution in [0, 0.1) is 23.3 Å². The molecule has 0 saturated carbocycles. The second-order valence-corrected chi connectivity index (χ2v) is 10.5. The summed E-state index contributed by atoms with van der Waals surface area (Å²) in [5, 5.41) is 1.47. The molecule has 198 valence electrons. The first-order valence-electron chi connectivity index (χ1n) is 12.5. The zero-order valence-corrected chi connectivity index (χ0v) is 21.7. The second-order valence-electron chi connectivity index (χ2n) is 10.5. The number of hydrogen-bond acceptors (Lipinski definition) is 4. The molecule has 0 unspecified atom stereocenters. The Hall–Kier alpha value is -3.82. The molecular weight excluding hydrogens is 509 g/mol. The molecule has 4 aromatic carbocycles. The first-order chi connectivity index (χ1) is 18.5. The van der Waals surface area contributed by atoms with Gasteiger partial charge < -0.3 is 18.6 Å². The average molecular weight is 533 g/mol. The van der Waals surface area contributed by atoms with E-state index in [4.69, 9.17) is 13.7 Å². The highest BCUT2D eigenvalue weighted by atomic mass is 19.2. The van der Waals surface area contributed by atoms with Crippen molar-refractivity contribution in [2.75, 3.05) is 4.90 Å². The van der Waals surface area contributed by atoms with Gasteiger partial charge in [-0.25, -0.2) is 17.6 Å². The zero-order chi connectivity index (χ0) is 27.7. The number of benzene rings is 4. The summed E-state index contributed by atoms with van der Waals surface area (Å²) in [6.07, 6.45) is 0. The minimum absolute atomic E-state index is 0.204. The molecule has 1 aromatic heterocycles. The summed E-state index contributed by atoms with van der Waals surface area (Å²) in [5.41, 5.74) is -2.50. The average Bonchev–Trinajstić information content (AvgIpc) is 3.39. The number of halogens is 4. The van der Waals surface area contributed by atoms with E-state index in [1.54, 1.807) is 82.3 Å². The van der Waals surface area contributed by atoms with Crippen molar-refractivity contribution < 1.29 is 31.3 Å². The van der Waals surface area contributed by atoms with Crippen LogP contribution in [0.4, 0.5) is 34.6 Å². The van der Waals surface area contributed by atoms with Crippen molar-refractivity contribution >= 4 is 51.6 Å². The number of furan rings is 1. The normalized spacial score (nSPS) is 16.4. The van der Waals surface area contributed by atoms with Gasteiger partial charge >= 0.3 is 7.12 Å². The number of para-hydroxylation sites is 3. The molecule has 0 N–H and O–H groups in total. The van der Waals surface area contributed by atoms with E-state index in [-0.39, 0.29) is 11.4 Å². The minimum atomic E-state index is -1.64. The monoisotopic (exact) mass is 533 g/mol. The fraction of sp³-hybridized carbons (Fsp3) is 0.200. The Balaban J connectivity index is 1.60. The molecule has 0 aliphatic carbocycles. The van der Waals surface area contributed by atoms with Crippen LogP contribution in [0.15, 0.2) is 77.2 Å². The standard InChI is InChI=1S/C30H24BF4NO3/c1-29(2)30(3,4)39-31(38-29)22-23(32)25(34)27(26(35)24(22)33)36(17-11-6-5-7-12-17)20-15-10-14-19-18-13-8-9-16-21(18)37-28(19)20/h5-16H,1-4H3. The lowest BCUT2D eigenvalue weighted by atomic mass is 9.77. The Morgan fingerprint density at radius 3 is 1.85 bits per heavy atom. The quantitative estimate of drug-likeness (QED) is 0.134. The van der Waals surface area contributed by atoms with Gasteiger partial charge in [0.25, 0.3) is 0 Å². The predicted molar refractivity (Wildman–Crippen MR) is 144 cm³/mol. The zero-order valence-electron chi connectivity index (χ0n) is 21.7. The van der Waals surface area contributed by atoms with Gasteiger partial charge in [-0.15, -0.1) is 0 Å². The Bertz CT molecular complexity index is 1690. The van der Waals surface area contributed by atoms with E-state index in [0.29, 0.717) is 16.6 Å². The SMILES string of the molecule is CC1(C)OB(c2c(F)c(F)c(N(c3ccccc3)c3cccc4c3oc3ccccc34)c(F)c2F)OC1(C)C. The molecule has 0 atom stereocenters. The topological polar surface area (TPSA) is 34.8 Å². The van der Waals surface area contributed by atoms with Crippen LogP contribution in [0.25, 0.3) is 21.9 Å². The molecule has 9 heteroatoms. The van der Waals surface area contributed by atoms with Crippen LogP contribution in [0.5, 0.6) is 0 Å². The largest absolute Gasteiger partial charge is 0.501 e. The number of fused-ring (bicyclic) bond motifs is 3. The summed E-state index contributed by atoms with van der Waals surface area (Å²) in [4.78, 5) is 1.12. The van der Waals surface area contributed by atoms with Gasteiger partial charge in [-0.3, -0.25) is 0 Å². The van der Waals surface area contributed by atoms with E-state index in [1.165, 1.54) is 0 Å². The molecule has 1 aliphatic rings. The van der Waals surface area contributed by atoms with E-state index in [1.807, 2.05) is 18.2 Å². The van der Waals surface area contributed by atoms with Gasteiger partial charge in [0, 0.05) is 16.5 Å². The lowest BCUT2D eigenvalue weighted by Gasteiger charge is -2.32. The van der Waals surface area contributed by atoms with Crippen molar-refractivity contribution in [1.29, 1.82) is 0 Å². The van der Waals surface area contributed by atoms with Gasteiger partial charge in [0.2, 0.25) is 0 Å². The Labute approximate surface area is 222 Å². The third-order valence-electron chi connectivity index (χ3n) is 7.63. The molecule has 5 aromatic rings. The van der Waals surface area contributed by atoms with Crippen molar-refractivity contribution in [2.24, 2.45) is 0 Å². The summed E-state index contributed by atoms with van der Waals surface area (Å²) in [6, 6.07) is 20.5. The van der Waals surface area contributed by atoms with Crippen molar-refractivity contribution in [3.05, 3.63) is 96.1 Å². The number of hydrogen-bond donors (Lipinski definition) is 0. The number of nitrogens with zero attached hydrogens (tertiary/aromatic N) is 1. The fourth-order valence-corrected chi connectivity index (χ4v) is 4.88. The van der Waals surface area contributed by atoms with Crippen molar-refractivity contribution in [3.8, 4) is 0 Å². The molecule has 2 heterocycles. The predicted octanol–water partition coefficient (Wildman–Crippen LogP) is 7.91. The first-order valence-corrected chi connectivity index (χ1v) is 12.5. The Morgan fingerprint density at radius 2 is 1.21 bits per heavy atom. The molecule has 1 saturated heterocycles. The van der Waals surface area contributed by atoms with Gasteiger partial charge in [-0.1, -0.05) is 48.5 Å². The molecule has 6 rings (SSSR count). The number of anilines is 3. The maximum Gasteiger partial charge on any atom is 0.501 e. The van der Waals surface area contributed by atoms with Crippen LogP contribution in [0.1, 0.15) is 27.7 Å². The summed E-state index contributed by atoms with van der Waals surface area (Å²) in [7, 11) is -1.64. The molecule has 0 spiro atoms. The lowest BCUT2D eigenvalue weighted by Crippen LogP contribution is -2.41. The van der Waals surface area contributed by atoms with Gasteiger partial charge in [0.1, 0.15) is 11.3 Å². The van der Waals surface area contributed by atoms with Gasteiger partial charge in [-0.05, 0) is 52.0 Å². The molecule has 39 heavy (non-hydrogen) atoms. The third kappa shape index (κ3) is 3.83. The molecule has 1 fully saturated rings. The van der Waals surface area contributed by atoms with Crippen LogP contribution >= 0.6 is 0 Å². The molecular formula is C30H24BF4NO3. The maximum atomic E-state index is 16.0. The first kappa shape index (κ1) is 25.5. The smallest absolute Gasteiger partial charge is 0.454 e. The molecule has 0 amide bonds. The van der Waals surface area contributed by atoms with Gasteiger partial charge in [0.05, 0.1) is 22.4 Å². The summed E-state index contributed by atoms with van der Waals surface area (Å²) >= 11 is 0. The number of rotatable bonds is 4. The molecule has 0 radical (unpaired) electrons. The summed E-state index contributed by atoms with van der Waals surface area (Å²) in [6.45, 7) is 6.70. The lowest BCUT2D eigenvalue weighted by molar-refractivity contribution is 0.00578.